The molecule has 0 spiro atoms. The first-order valence-electron chi connectivity index (χ1n) is 9.75. The van der Waals surface area contributed by atoms with Crippen LogP contribution in [0.5, 0.6) is 5.75 Å². The Labute approximate surface area is 191 Å². The molecule has 0 aliphatic rings. The first kappa shape index (κ1) is 24.9. The lowest BCUT2D eigenvalue weighted by Crippen LogP contribution is -2.22. The summed E-state index contributed by atoms with van der Waals surface area (Å²) in [5.74, 6) is 0.811. The highest BCUT2D eigenvalue weighted by molar-refractivity contribution is 8.17. The van der Waals surface area contributed by atoms with Gasteiger partial charge in [0.2, 0.25) is 11.5 Å². The van der Waals surface area contributed by atoms with E-state index in [1.54, 1.807) is 44.3 Å². The second-order valence-corrected chi connectivity index (χ2v) is 7.82. The Hall–Kier alpha value is -3.40. The molecule has 1 aromatic heterocycles. The van der Waals surface area contributed by atoms with Gasteiger partial charge in [0.25, 0.3) is 0 Å². The molecule has 2 aromatic rings. The molecule has 10 heteroatoms. The van der Waals surface area contributed by atoms with E-state index in [1.807, 2.05) is 0 Å². The Kier molecular flexibility index (Phi) is 9.21. The molecule has 0 radical (unpaired) electrons. The Morgan fingerprint density at radius 2 is 1.97 bits per heavy atom. The van der Waals surface area contributed by atoms with E-state index in [2.05, 4.69) is 9.97 Å². The minimum absolute atomic E-state index is 0.0662. The number of carbonyl (C=O) groups excluding carboxylic acids is 3. The molecule has 9 nitrogen and oxygen atoms in total. The van der Waals surface area contributed by atoms with Crippen molar-refractivity contribution in [1.29, 1.82) is 0 Å². The number of nitrogen functional groups attached to an aromatic ring is 1. The number of benzene rings is 1. The average molecular weight is 459 g/mol. The van der Waals surface area contributed by atoms with Crippen molar-refractivity contribution < 1.29 is 23.9 Å². The van der Waals surface area contributed by atoms with Gasteiger partial charge in [0, 0.05) is 35.7 Å². The van der Waals surface area contributed by atoms with E-state index in [0.29, 0.717) is 39.7 Å². The van der Waals surface area contributed by atoms with E-state index >= 15 is 0 Å². The van der Waals surface area contributed by atoms with Crippen molar-refractivity contribution in [3.8, 4) is 5.75 Å². The minimum Gasteiger partial charge on any atom is -0.496 e. The number of amides is 1. The second-order valence-electron chi connectivity index (χ2n) is 6.75. The van der Waals surface area contributed by atoms with E-state index in [4.69, 9.17) is 15.2 Å². The monoisotopic (exact) mass is 458 g/mol. The van der Waals surface area contributed by atoms with Crippen LogP contribution in [0.25, 0.3) is 0 Å². The Morgan fingerprint density at radius 3 is 2.59 bits per heavy atom. The van der Waals surface area contributed by atoms with Gasteiger partial charge in [-0.1, -0.05) is 12.1 Å². The summed E-state index contributed by atoms with van der Waals surface area (Å²) >= 11 is 0.954. The van der Waals surface area contributed by atoms with Crippen molar-refractivity contribution in [2.75, 3.05) is 19.5 Å². The predicted octanol–water partition coefficient (Wildman–Crippen LogP) is 3.09. The second kappa shape index (κ2) is 11.8. The number of ether oxygens (including phenoxy) is 2. The summed E-state index contributed by atoms with van der Waals surface area (Å²) in [6, 6.07) is 6.87. The van der Waals surface area contributed by atoms with Gasteiger partial charge in [-0.15, -0.1) is 0 Å². The molecule has 0 unspecified atom stereocenters. The Morgan fingerprint density at radius 1 is 1.25 bits per heavy atom. The molecular weight excluding hydrogens is 432 g/mol. The van der Waals surface area contributed by atoms with Gasteiger partial charge in [-0.2, -0.15) is 0 Å². The zero-order valence-corrected chi connectivity index (χ0v) is 19.3. The van der Waals surface area contributed by atoms with Gasteiger partial charge < -0.3 is 20.1 Å². The van der Waals surface area contributed by atoms with Crippen LogP contribution in [0.15, 0.2) is 41.1 Å². The quantitative estimate of drug-likeness (QED) is 0.422. The van der Waals surface area contributed by atoms with Crippen LogP contribution in [0.1, 0.15) is 42.0 Å². The van der Waals surface area contributed by atoms with Gasteiger partial charge in [0.05, 0.1) is 25.8 Å². The number of hydrogen-bond acceptors (Lipinski definition) is 9. The van der Waals surface area contributed by atoms with Gasteiger partial charge in [-0.3, -0.25) is 14.4 Å². The molecule has 1 heterocycles. The number of thioether (sulfide) groups is 1. The third kappa shape index (κ3) is 6.81. The number of carbonyl (C=O) groups is 3. The molecule has 0 aliphatic carbocycles. The molecule has 170 valence electrons. The minimum atomic E-state index is -0.431. The van der Waals surface area contributed by atoms with Crippen molar-refractivity contribution in [2.24, 2.45) is 0 Å². The molecule has 0 aliphatic heterocycles. The molecule has 0 saturated heterocycles. The number of rotatable bonds is 10. The van der Waals surface area contributed by atoms with Crippen LogP contribution in [-0.4, -0.2) is 46.1 Å². The first-order valence-corrected chi connectivity index (χ1v) is 10.6. The number of aromatic nitrogens is 2. The fourth-order valence-corrected chi connectivity index (χ4v) is 3.74. The topological polar surface area (TPSA) is 125 Å². The third-order valence-corrected chi connectivity index (χ3v) is 5.65. The van der Waals surface area contributed by atoms with Gasteiger partial charge >= 0.3 is 5.97 Å². The van der Waals surface area contributed by atoms with E-state index in [9.17, 15) is 14.4 Å². The molecule has 1 aromatic carbocycles. The largest absolute Gasteiger partial charge is 0.496 e. The summed E-state index contributed by atoms with van der Waals surface area (Å²) < 4.78 is 10.3. The highest BCUT2D eigenvalue weighted by Crippen LogP contribution is 2.32. The zero-order valence-electron chi connectivity index (χ0n) is 18.5. The van der Waals surface area contributed by atoms with Gasteiger partial charge in [-0.25, -0.2) is 9.97 Å². The maximum atomic E-state index is 13.0. The highest BCUT2D eigenvalue weighted by atomic mass is 32.2. The molecule has 1 amide bonds. The molecular formula is C22H26N4O5S. The average Bonchev–Trinajstić information content (AvgIpc) is 2.77. The fraction of sp³-hybridized carbons (Fsp3) is 0.318. The summed E-state index contributed by atoms with van der Waals surface area (Å²) in [5.41, 5.74) is 7.46. The molecule has 2 N–H and O–H groups in total. The molecule has 0 bridgehead atoms. The van der Waals surface area contributed by atoms with E-state index < -0.39 is 5.97 Å². The number of hydrogen-bond donors (Lipinski definition) is 1. The Balaban J connectivity index is 2.34. The van der Waals surface area contributed by atoms with Crippen molar-refractivity contribution >= 4 is 35.1 Å². The van der Waals surface area contributed by atoms with Crippen molar-refractivity contribution in [1.82, 2.24) is 14.9 Å². The first-order chi connectivity index (χ1) is 15.3. The Bertz CT molecular complexity index is 1030. The van der Waals surface area contributed by atoms with Crippen LogP contribution in [0.2, 0.25) is 0 Å². The number of esters is 1. The van der Waals surface area contributed by atoms with Crippen LogP contribution in [0.4, 0.5) is 5.82 Å². The normalized spacial score (nSPS) is 11.4. The maximum Gasteiger partial charge on any atom is 0.302 e. The van der Waals surface area contributed by atoms with Crippen LogP contribution < -0.4 is 10.5 Å². The number of nitrogens with zero attached hydrogens (tertiary/aromatic N) is 3. The lowest BCUT2D eigenvalue weighted by Gasteiger charge is -2.22. The number of allylic oxidation sites excluding steroid dienone is 1. The van der Waals surface area contributed by atoms with Gasteiger partial charge in [-0.05, 0) is 37.7 Å². The standard InChI is InChI=1S/C22H26N4O5S/c1-14(26(13-27)12-17-11-24-15(2)25-21(17)23)20(9-10-31-16(3)28)32-22(29)18-7-5-6-8-19(18)30-4/h5-8,11,13H,9-10,12H2,1-4H3,(H2,23,24,25)/b20-14-. The lowest BCUT2D eigenvalue weighted by atomic mass is 10.2. The molecule has 32 heavy (non-hydrogen) atoms. The number of nitrogens with two attached hydrogens (primary N) is 1. The maximum absolute atomic E-state index is 13.0. The van der Waals surface area contributed by atoms with Crippen molar-refractivity contribution in [3.63, 3.8) is 0 Å². The van der Waals surface area contributed by atoms with E-state index in [1.165, 1.54) is 18.9 Å². The van der Waals surface area contributed by atoms with Gasteiger partial charge in [0.1, 0.15) is 17.4 Å². The van der Waals surface area contributed by atoms with Gasteiger partial charge in [0.15, 0.2) is 0 Å². The molecule has 2 rings (SSSR count). The highest BCUT2D eigenvalue weighted by Gasteiger charge is 2.20. The third-order valence-electron chi connectivity index (χ3n) is 4.50. The summed E-state index contributed by atoms with van der Waals surface area (Å²) in [5, 5.41) is -0.261. The molecule has 0 fully saturated rings. The lowest BCUT2D eigenvalue weighted by molar-refractivity contribution is -0.140. The number of para-hydroxylation sites is 1. The SMILES string of the molecule is COc1ccccc1C(=O)S/C(CCOC(C)=O)=C(/C)N(C=O)Cc1cnc(C)nc1N. The smallest absolute Gasteiger partial charge is 0.302 e. The van der Waals surface area contributed by atoms with E-state index in [0.717, 1.165) is 11.8 Å². The number of anilines is 1. The molecule has 0 saturated carbocycles. The van der Waals surface area contributed by atoms with Crippen molar-refractivity contribution in [3.05, 3.63) is 58.0 Å². The molecule has 0 atom stereocenters. The van der Waals surface area contributed by atoms with Crippen LogP contribution in [0.3, 0.4) is 0 Å². The van der Waals surface area contributed by atoms with Crippen LogP contribution >= 0.6 is 11.8 Å². The van der Waals surface area contributed by atoms with E-state index in [-0.39, 0.29) is 30.5 Å². The summed E-state index contributed by atoms with van der Waals surface area (Å²) in [6.45, 7) is 4.93. The van der Waals surface area contributed by atoms with Crippen LogP contribution in [0, 0.1) is 6.92 Å². The summed E-state index contributed by atoms with van der Waals surface area (Å²) in [4.78, 5) is 46.3. The fourth-order valence-electron chi connectivity index (χ4n) is 2.79. The zero-order chi connectivity index (χ0) is 23.7. The predicted molar refractivity (Wildman–Crippen MR) is 122 cm³/mol. The summed E-state index contributed by atoms with van der Waals surface area (Å²) in [6.07, 6.45) is 2.46. The summed E-state index contributed by atoms with van der Waals surface area (Å²) in [7, 11) is 1.49. The van der Waals surface area contributed by atoms with Crippen LogP contribution in [-0.2, 0) is 20.9 Å². The number of methoxy groups -OCH3 is 1. The number of aryl methyl sites for hydroxylation is 1. The van der Waals surface area contributed by atoms with Crippen molar-refractivity contribution in [2.45, 2.75) is 33.7 Å².